The molecular formula is C11H15Cl2NO. The van der Waals surface area contributed by atoms with Crippen molar-refractivity contribution >= 4 is 23.2 Å². The normalized spacial score (nSPS) is 11.6. The van der Waals surface area contributed by atoms with Crippen LogP contribution in [0.1, 0.15) is 19.4 Å². The maximum atomic E-state index is 6.06. The van der Waals surface area contributed by atoms with E-state index in [1.54, 1.807) is 13.2 Å². The largest absolute Gasteiger partial charge is 0.495 e. The Hall–Kier alpha value is -0.440. The van der Waals surface area contributed by atoms with E-state index in [1.165, 1.54) is 0 Å². The van der Waals surface area contributed by atoms with Gasteiger partial charge >= 0.3 is 0 Å². The first kappa shape index (κ1) is 12.6. The highest BCUT2D eigenvalue weighted by Crippen LogP contribution is 2.37. The first-order valence-corrected chi connectivity index (χ1v) is 5.40. The van der Waals surface area contributed by atoms with E-state index >= 15 is 0 Å². The number of hydrogen-bond donors (Lipinski definition) is 1. The molecule has 4 heteroatoms. The van der Waals surface area contributed by atoms with Gasteiger partial charge in [-0.1, -0.05) is 23.2 Å². The third kappa shape index (κ3) is 2.57. The van der Waals surface area contributed by atoms with Crippen molar-refractivity contribution in [2.24, 2.45) is 0 Å². The Balaban J connectivity index is 3.39. The van der Waals surface area contributed by atoms with E-state index in [-0.39, 0.29) is 5.54 Å². The molecule has 0 aliphatic heterocycles. The number of rotatable bonds is 3. The van der Waals surface area contributed by atoms with Crippen LogP contribution in [0.2, 0.25) is 10.0 Å². The highest BCUT2D eigenvalue weighted by molar-refractivity contribution is 6.35. The fourth-order valence-electron chi connectivity index (χ4n) is 1.37. The van der Waals surface area contributed by atoms with Crippen LogP contribution >= 0.6 is 23.2 Å². The van der Waals surface area contributed by atoms with E-state index in [2.05, 4.69) is 5.32 Å². The van der Waals surface area contributed by atoms with Crippen molar-refractivity contribution in [2.45, 2.75) is 19.4 Å². The minimum atomic E-state index is -0.236. The van der Waals surface area contributed by atoms with Crippen LogP contribution in [-0.2, 0) is 5.54 Å². The second kappa shape index (κ2) is 4.60. The lowest BCUT2D eigenvalue weighted by Crippen LogP contribution is -2.33. The van der Waals surface area contributed by atoms with Crippen LogP contribution in [0, 0.1) is 0 Å². The quantitative estimate of drug-likeness (QED) is 0.884. The van der Waals surface area contributed by atoms with Crippen molar-refractivity contribution in [3.63, 3.8) is 0 Å². The topological polar surface area (TPSA) is 21.3 Å². The summed E-state index contributed by atoms with van der Waals surface area (Å²) in [6.07, 6.45) is 0. The van der Waals surface area contributed by atoms with E-state index in [4.69, 9.17) is 27.9 Å². The number of hydrogen-bond acceptors (Lipinski definition) is 2. The van der Waals surface area contributed by atoms with E-state index in [9.17, 15) is 0 Å². The predicted octanol–water partition coefficient (Wildman–Crippen LogP) is 3.46. The van der Waals surface area contributed by atoms with E-state index < -0.39 is 0 Å². The molecule has 0 heterocycles. The Kier molecular flexibility index (Phi) is 3.87. The van der Waals surface area contributed by atoms with Gasteiger partial charge in [-0.05, 0) is 33.0 Å². The molecule has 84 valence electrons. The zero-order valence-corrected chi connectivity index (χ0v) is 10.8. The third-order valence-corrected chi connectivity index (χ3v) is 3.01. The molecule has 0 spiro atoms. The first-order valence-electron chi connectivity index (χ1n) is 4.65. The standard InChI is InChI=1S/C11H15Cl2NO/c1-11(2,14-3)8-5-7(12)6-9(13)10(8)15-4/h5-6,14H,1-4H3. The lowest BCUT2D eigenvalue weighted by molar-refractivity contribution is 0.375. The van der Waals surface area contributed by atoms with Gasteiger partial charge in [-0.25, -0.2) is 0 Å². The molecule has 0 saturated heterocycles. The van der Waals surface area contributed by atoms with Gasteiger partial charge in [0.15, 0.2) is 0 Å². The van der Waals surface area contributed by atoms with Crippen LogP contribution in [0.15, 0.2) is 12.1 Å². The molecule has 1 rings (SSSR count). The fraction of sp³-hybridized carbons (Fsp3) is 0.455. The third-order valence-electron chi connectivity index (χ3n) is 2.51. The van der Waals surface area contributed by atoms with Gasteiger partial charge in [0.05, 0.1) is 12.1 Å². The van der Waals surface area contributed by atoms with Gasteiger partial charge in [0.2, 0.25) is 0 Å². The van der Waals surface area contributed by atoms with Crippen LogP contribution in [0.25, 0.3) is 0 Å². The molecule has 1 N–H and O–H groups in total. The second-order valence-electron chi connectivity index (χ2n) is 3.84. The smallest absolute Gasteiger partial charge is 0.142 e. The zero-order valence-electron chi connectivity index (χ0n) is 9.32. The molecule has 0 fully saturated rings. The van der Waals surface area contributed by atoms with E-state index in [1.807, 2.05) is 27.0 Å². The summed E-state index contributed by atoms with van der Waals surface area (Å²) in [4.78, 5) is 0. The van der Waals surface area contributed by atoms with E-state index in [0.717, 1.165) is 5.56 Å². The summed E-state index contributed by atoms with van der Waals surface area (Å²) < 4.78 is 5.29. The zero-order chi connectivity index (χ0) is 11.6. The lowest BCUT2D eigenvalue weighted by Gasteiger charge is -2.27. The molecule has 1 aromatic rings. The van der Waals surface area contributed by atoms with Crippen molar-refractivity contribution in [2.75, 3.05) is 14.2 Å². The summed E-state index contributed by atoms with van der Waals surface area (Å²) in [5, 5.41) is 4.33. The molecule has 0 saturated carbocycles. The monoisotopic (exact) mass is 247 g/mol. The minimum Gasteiger partial charge on any atom is -0.495 e. The summed E-state index contributed by atoms with van der Waals surface area (Å²) in [6, 6.07) is 3.54. The van der Waals surface area contributed by atoms with Crippen LogP contribution in [-0.4, -0.2) is 14.2 Å². The number of nitrogens with one attached hydrogen (secondary N) is 1. The Morgan fingerprint density at radius 3 is 2.33 bits per heavy atom. The maximum absolute atomic E-state index is 6.06. The first-order chi connectivity index (χ1) is 6.92. The number of halogens is 2. The molecule has 0 amide bonds. The molecule has 0 bridgehead atoms. The van der Waals surface area contributed by atoms with Gasteiger partial charge in [0.25, 0.3) is 0 Å². The summed E-state index contributed by atoms with van der Waals surface area (Å²) in [6.45, 7) is 4.08. The Morgan fingerprint density at radius 1 is 1.27 bits per heavy atom. The molecule has 2 nitrogen and oxygen atoms in total. The Morgan fingerprint density at radius 2 is 1.87 bits per heavy atom. The fourth-order valence-corrected chi connectivity index (χ4v) is 1.94. The van der Waals surface area contributed by atoms with Crippen LogP contribution in [0.4, 0.5) is 0 Å². The van der Waals surface area contributed by atoms with Crippen molar-refractivity contribution in [1.82, 2.24) is 5.32 Å². The number of ether oxygens (including phenoxy) is 1. The molecule has 1 aromatic carbocycles. The molecule has 0 radical (unpaired) electrons. The molecular weight excluding hydrogens is 233 g/mol. The maximum Gasteiger partial charge on any atom is 0.142 e. The van der Waals surface area contributed by atoms with E-state index in [0.29, 0.717) is 15.8 Å². The lowest BCUT2D eigenvalue weighted by atomic mass is 9.93. The van der Waals surface area contributed by atoms with Crippen molar-refractivity contribution in [3.8, 4) is 5.75 Å². The number of methoxy groups -OCH3 is 1. The SMILES string of the molecule is CNC(C)(C)c1cc(Cl)cc(Cl)c1OC. The minimum absolute atomic E-state index is 0.236. The van der Waals surface area contributed by atoms with Crippen molar-refractivity contribution < 1.29 is 4.74 Å². The second-order valence-corrected chi connectivity index (χ2v) is 4.69. The summed E-state index contributed by atoms with van der Waals surface area (Å²) in [5.74, 6) is 0.667. The van der Waals surface area contributed by atoms with Gasteiger partial charge in [-0.2, -0.15) is 0 Å². The average molecular weight is 248 g/mol. The highest BCUT2D eigenvalue weighted by Gasteiger charge is 2.24. The molecule has 15 heavy (non-hydrogen) atoms. The van der Waals surface area contributed by atoms with Crippen molar-refractivity contribution in [1.29, 1.82) is 0 Å². The van der Waals surface area contributed by atoms with Gasteiger partial charge in [-0.3, -0.25) is 0 Å². The van der Waals surface area contributed by atoms with Gasteiger partial charge in [-0.15, -0.1) is 0 Å². The molecule has 0 unspecified atom stereocenters. The Labute approximate surface area is 101 Å². The van der Waals surface area contributed by atoms with Crippen LogP contribution < -0.4 is 10.1 Å². The average Bonchev–Trinajstić information content (AvgIpc) is 2.16. The van der Waals surface area contributed by atoms with Crippen LogP contribution in [0.3, 0.4) is 0 Å². The molecule has 0 atom stereocenters. The highest BCUT2D eigenvalue weighted by atomic mass is 35.5. The summed E-state index contributed by atoms with van der Waals surface area (Å²) in [5.41, 5.74) is 0.713. The van der Waals surface area contributed by atoms with Crippen molar-refractivity contribution in [3.05, 3.63) is 27.7 Å². The summed E-state index contributed by atoms with van der Waals surface area (Å²) >= 11 is 12.0. The molecule has 0 aromatic heterocycles. The summed E-state index contributed by atoms with van der Waals surface area (Å²) in [7, 11) is 3.48. The van der Waals surface area contributed by atoms with Crippen LogP contribution in [0.5, 0.6) is 5.75 Å². The predicted molar refractivity (Wildman–Crippen MR) is 65.1 cm³/mol. The molecule has 0 aliphatic rings. The van der Waals surface area contributed by atoms with Gasteiger partial charge in [0.1, 0.15) is 5.75 Å². The van der Waals surface area contributed by atoms with Gasteiger partial charge < -0.3 is 10.1 Å². The Bertz CT molecular complexity index is 364. The van der Waals surface area contributed by atoms with Gasteiger partial charge in [0, 0.05) is 16.1 Å². The number of benzene rings is 1. The molecule has 0 aliphatic carbocycles.